The Labute approximate surface area is 73.4 Å². The maximum Gasteiger partial charge on any atom is 0.0171 e. The minimum Gasteiger partial charge on any atom is -0.172 e. The van der Waals surface area contributed by atoms with Gasteiger partial charge in [-0.15, -0.1) is 0 Å². The van der Waals surface area contributed by atoms with E-state index in [4.69, 9.17) is 0 Å². The lowest BCUT2D eigenvalue weighted by Gasteiger charge is -1.93. The highest BCUT2D eigenvalue weighted by molar-refractivity contribution is 7.81. The maximum atomic E-state index is 4.24. The second-order valence-corrected chi connectivity index (χ2v) is 3.32. The molecular weight excluding hydrogens is 152 g/mol. The first-order chi connectivity index (χ1) is 5.29. The van der Waals surface area contributed by atoms with Crippen LogP contribution in [-0.4, -0.2) is 5.25 Å². The fourth-order valence-corrected chi connectivity index (χ4v) is 0.901. The van der Waals surface area contributed by atoms with Crippen molar-refractivity contribution in [3.63, 3.8) is 0 Å². The molecule has 0 aliphatic carbocycles. The molecular formula is C10H12S. The van der Waals surface area contributed by atoms with Crippen LogP contribution in [0.4, 0.5) is 0 Å². The zero-order valence-corrected chi connectivity index (χ0v) is 7.46. The highest BCUT2D eigenvalue weighted by Crippen LogP contribution is 2.03. The van der Waals surface area contributed by atoms with E-state index in [1.54, 1.807) is 0 Å². The van der Waals surface area contributed by atoms with Crippen molar-refractivity contribution in [2.45, 2.75) is 12.2 Å². The van der Waals surface area contributed by atoms with Crippen molar-refractivity contribution in [2.24, 2.45) is 0 Å². The number of benzene rings is 1. The first-order valence-corrected chi connectivity index (χ1v) is 4.22. The van der Waals surface area contributed by atoms with E-state index in [2.05, 4.69) is 36.9 Å². The van der Waals surface area contributed by atoms with E-state index in [-0.39, 0.29) is 0 Å². The quantitative estimate of drug-likeness (QED) is 0.638. The van der Waals surface area contributed by atoms with Gasteiger partial charge in [0.05, 0.1) is 0 Å². The van der Waals surface area contributed by atoms with Gasteiger partial charge in [0.15, 0.2) is 0 Å². The van der Waals surface area contributed by atoms with Crippen LogP contribution in [0.2, 0.25) is 0 Å². The van der Waals surface area contributed by atoms with Gasteiger partial charge in [-0.25, -0.2) is 0 Å². The van der Waals surface area contributed by atoms with Crippen LogP contribution in [0.1, 0.15) is 12.5 Å². The Bertz CT molecular complexity index is 224. The zero-order valence-electron chi connectivity index (χ0n) is 6.57. The van der Waals surface area contributed by atoms with Crippen LogP contribution in [0.5, 0.6) is 0 Å². The van der Waals surface area contributed by atoms with Gasteiger partial charge < -0.3 is 0 Å². The van der Waals surface area contributed by atoms with Crippen molar-refractivity contribution in [1.82, 2.24) is 0 Å². The van der Waals surface area contributed by atoms with E-state index in [9.17, 15) is 0 Å². The van der Waals surface area contributed by atoms with Crippen molar-refractivity contribution in [3.05, 3.63) is 42.0 Å². The number of hydrogen-bond acceptors (Lipinski definition) is 1. The molecule has 11 heavy (non-hydrogen) atoms. The molecule has 0 heterocycles. The summed E-state index contributed by atoms with van der Waals surface area (Å²) < 4.78 is 0. The second-order valence-electron chi connectivity index (χ2n) is 2.51. The SMILES string of the molecule is CC(S)/C=C/c1ccccc1. The topological polar surface area (TPSA) is 0 Å². The molecule has 0 nitrogen and oxygen atoms in total. The molecule has 0 saturated heterocycles. The molecule has 1 rings (SSSR count). The largest absolute Gasteiger partial charge is 0.172 e. The number of thiol groups is 1. The Kier molecular flexibility index (Phi) is 3.24. The highest BCUT2D eigenvalue weighted by atomic mass is 32.1. The average Bonchev–Trinajstić information content (AvgIpc) is 2.03. The molecule has 0 N–H and O–H groups in total. The summed E-state index contributed by atoms with van der Waals surface area (Å²) >= 11 is 4.24. The van der Waals surface area contributed by atoms with Gasteiger partial charge in [-0.05, 0) is 12.5 Å². The summed E-state index contributed by atoms with van der Waals surface area (Å²) in [4.78, 5) is 0. The summed E-state index contributed by atoms with van der Waals surface area (Å²) in [6, 6.07) is 10.2. The van der Waals surface area contributed by atoms with E-state index >= 15 is 0 Å². The van der Waals surface area contributed by atoms with Crippen LogP contribution in [0.3, 0.4) is 0 Å². The minimum absolute atomic E-state index is 0.329. The zero-order chi connectivity index (χ0) is 8.10. The predicted molar refractivity (Wildman–Crippen MR) is 53.9 cm³/mol. The van der Waals surface area contributed by atoms with Crippen molar-refractivity contribution in [1.29, 1.82) is 0 Å². The van der Waals surface area contributed by atoms with Gasteiger partial charge in [0.2, 0.25) is 0 Å². The summed E-state index contributed by atoms with van der Waals surface area (Å²) in [6.07, 6.45) is 4.15. The van der Waals surface area contributed by atoms with E-state index in [1.165, 1.54) is 5.56 Å². The lowest BCUT2D eigenvalue weighted by atomic mass is 10.2. The summed E-state index contributed by atoms with van der Waals surface area (Å²) in [5.41, 5.74) is 1.23. The lowest BCUT2D eigenvalue weighted by Crippen LogP contribution is -1.80. The van der Waals surface area contributed by atoms with Crippen LogP contribution in [0.15, 0.2) is 36.4 Å². The van der Waals surface area contributed by atoms with Gasteiger partial charge in [-0.2, -0.15) is 12.6 Å². The molecule has 58 valence electrons. The second kappa shape index (κ2) is 4.24. The van der Waals surface area contributed by atoms with Gasteiger partial charge in [0.1, 0.15) is 0 Å². The molecule has 0 aromatic heterocycles. The first-order valence-electron chi connectivity index (χ1n) is 3.70. The summed E-state index contributed by atoms with van der Waals surface area (Å²) in [5.74, 6) is 0. The Morgan fingerprint density at radius 1 is 1.27 bits per heavy atom. The van der Waals surface area contributed by atoms with Crippen molar-refractivity contribution >= 4 is 18.7 Å². The normalized spacial score (nSPS) is 13.6. The van der Waals surface area contributed by atoms with Gasteiger partial charge in [-0.1, -0.05) is 42.5 Å². The molecule has 0 aliphatic rings. The standard InChI is InChI=1S/C10H12S/c1-9(11)7-8-10-5-3-2-4-6-10/h2-9,11H,1H3/b8-7+. The monoisotopic (exact) mass is 164 g/mol. The summed E-state index contributed by atoms with van der Waals surface area (Å²) in [7, 11) is 0. The molecule has 1 atom stereocenters. The molecule has 1 aromatic carbocycles. The number of rotatable bonds is 2. The third-order valence-corrected chi connectivity index (χ3v) is 1.54. The smallest absolute Gasteiger partial charge is 0.0171 e. The Morgan fingerprint density at radius 3 is 2.45 bits per heavy atom. The van der Waals surface area contributed by atoms with Crippen LogP contribution in [0, 0.1) is 0 Å². The Balaban J connectivity index is 2.65. The van der Waals surface area contributed by atoms with E-state index in [1.807, 2.05) is 25.1 Å². The fraction of sp³-hybridized carbons (Fsp3) is 0.200. The Morgan fingerprint density at radius 2 is 1.91 bits per heavy atom. The molecule has 0 amide bonds. The molecule has 0 aliphatic heterocycles. The van der Waals surface area contributed by atoms with Gasteiger partial charge in [-0.3, -0.25) is 0 Å². The van der Waals surface area contributed by atoms with Gasteiger partial charge in [0.25, 0.3) is 0 Å². The molecule has 0 radical (unpaired) electrons. The van der Waals surface area contributed by atoms with Crippen molar-refractivity contribution in [2.75, 3.05) is 0 Å². The predicted octanol–water partition coefficient (Wildman–Crippen LogP) is 3.02. The third kappa shape index (κ3) is 3.28. The van der Waals surface area contributed by atoms with Crippen LogP contribution < -0.4 is 0 Å². The molecule has 1 heteroatoms. The molecule has 0 bridgehead atoms. The van der Waals surface area contributed by atoms with E-state index < -0.39 is 0 Å². The van der Waals surface area contributed by atoms with Crippen LogP contribution >= 0.6 is 12.6 Å². The van der Waals surface area contributed by atoms with Gasteiger partial charge >= 0.3 is 0 Å². The maximum absolute atomic E-state index is 4.24. The average molecular weight is 164 g/mol. The van der Waals surface area contributed by atoms with E-state index in [0.29, 0.717) is 5.25 Å². The first kappa shape index (κ1) is 8.41. The number of hydrogen-bond donors (Lipinski definition) is 1. The molecule has 0 spiro atoms. The molecule has 1 unspecified atom stereocenters. The lowest BCUT2D eigenvalue weighted by molar-refractivity contribution is 1.27. The summed E-state index contributed by atoms with van der Waals surface area (Å²) in [6.45, 7) is 2.04. The molecule has 0 fully saturated rings. The van der Waals surface area contributed by atoms with Crippen LogP contribution in [-0.2, 0) is 0 Å². The fourth-order valence-electron chi connectivity index (χ4n) is 0.815. The van der Waals surface area contributed by atoms with Crippen molar-refractivity contribution < 1.29 is 0 Å². The van der Waals surface area contributed by atoms with E-state index in [0.717, 1.165) is 0 Å². The van der Waals surface area contributed by atoms with Crippen LogP contribution in [0.25, 0.3) is 6.08 Å². The third-order valence-electron chi connectivity index (χ3n) is 1.37. The minimum atomic E-state index is 0.329. The van der Waals surface area contributed by atoms with Gasteiger partial charge in [0, 0.05) is 5.25 Å². The molecule has 0 saturated carbocycles. The Hall–Kier alpha value is -0.690. The molecule has 1 aromatic rings. The summed E-state index contributed by atoms with van der Waals surface area (Å²) in [5, 5.41) is 0.329. The highest BCUT2D eigenvalue weighted by Gasteiger charge is 1.85. The van der Waals surface area contributed by atoms with Crippen molar-refractivity contribution in [3.8, 4) is 0 Å².